The fourth-order valence-electron chi connectivity index (χ4n) is 3.87. The van der Waals surface area contributed by atoms with E-state index in [0.29, 0.717) is 6.61 Å². The van der Waals surface area contributed by atoms with Gasteiger partial charge in [-0.2, -0.15) is 0 Å². The molecule has 0 aromatic heterocycles. The quantitative estimate of drug-likeness (QED) is 0.785. The van der Waals surface area contributed by atoms with Crippen LogP contribution in [-0.2, 0) is 20.4 Å². The van der Waals surface area contributed by atoms with Gasteiger partial charge in [-0.05, 0) is 24.1 Å². The monoisotopic (exact) mass is 291 g/mol. The van der Waals surface area contributed by atoms with Gasteiger partial charge in [-0.15, -0.1) is 0 Å². The molecule has 3 aliphatic rings. The lowest BCUT2D eigenvalue weighted by Crippen LogP contribution is -2.59. The lowest BCUT2D eigenvalue weighted by Gasteiger charge is -2.37. The second kappa shape index (κ2) is 4.99. The molecule has 0 bridgehead atoms. The molecule has 0 N–H and O–H groups in total. The first-order valence-corrected chi connectivity index (χ1v) is 7.92. The Bertz CT molecular complexity index is 491. The maximum atomic E-state index is 6.12. The third-order valence-electron chi connectivity index (χ3n) is 5.10. The van der Waals surface area contributed by atoms with Crippen molar-refractivity contribution < 1.29 is 23.1 Å². The van der Waals surface area contributed by atoms with Crippen LogP contribution in [0.15, 0.2) is 24.3 Å². The van der Waals surface area contributed by atoms with Crippen LogP contribution in [0, 0.1) is 0 Å². The van der Waals surface area contributed by atoms with Crippen LogP contribution in [0.3, 0.4) is 0 Å². The van der Waals surface area contributed by atoms with Crippen LogP contribution in [0.2, 0.25) is 0 Å². The summed E-state index contributed by atoms with van der Waals surface area (Å²) in [5.41, 5.74) is 1.32. The van der Waals surface area contributed by atoms with E-state index in [1.165, 1.54) is 5.56 Å². The van der Waals surface area contributed by atoms with Gasteiger partial charge in [0.1, 0.15) is 18.5 Å². The summed E-state index contributed by atoms with van der Waals surface area (Å²) in [5.74, 6) is 0.898. The van der Waals surface area contributed by atoms with Crippen molar-refractivity contribution in [1.82, 2.24) is 0 Å². The summed E-state index contributed by atoms with van der Waals surface area (Å²) in [6, 6.07) is 8.27. The number of aryl methyl sites for hydroxylation is 1. The highest BCUT2D eigenvalue weighted by atomic mass is 16.8. The van der Waals surface area contributed by atoms with Crippen molar-refractivity contribution in [3.63, 3.8) is 0 Å². The molecular weight excluding hydrogens is 269 g/mol. The van der Waals surface area contributed by atoms with Crippen molar-refractivity contribution in [1.29, 1.82) is 0 Å². The zero-order chi connectivity index (χ0) is 14.3. The van der Waals surface area contributed by atoms with Crippen LogP contribution >= 0.6 is 0 Å². The van der Waals surface area contributed by atoms with Gasteiger partial charge < -0.3 is 23.1 Å². The van der Waals surface area contributed by atoms with Gasteiger partial charge in [0, 0.05) is 0 Å². The van der Waals surface area contributed by atoms with Gasteiger partial charge in [0.2, 0.25) is 0 Å². The molecule has 1 aromatic rings. The van der Waals surface area contributed by atoms with Crippen LogP contribution in [0.25, 0.3) is 0 Å². The van der Waals surface area contributed by atoms with E-state index in [1.807, 2.05) is 12.1 Å². The number of rotatable bonds is 4. The molecule has 6 heteroatoms. The summed E-state index contributed by atoms with van der Waals surface area (Å²) in [7, 11) is 0. The minimum Gasteiger partial charge on any atom is -0.491 e. The van der Waals surface area contributed by atoms with Gasteiger partial charge in [-0.25, -0.2) is 0 Å². The van der Waals surface area contributed by atoms with Gasteiger partial charge in [-0.3, -0.25) is 0 Å². The van der Waals surface area contributed by atoms with E-state index in [0.717, 1.165) is 49.4 Å². The van der Waals surface area contributed by atoms with E-state index >= 15 is 0 Å². The SMILES string of the molecule is CCc1ccc(OCC2C[N+]34CCO[B-]3(OCC4)O2)cc1. The number of hydrogen-bond donors (Lipinski definition) is 0. The van der Waals surface area contributed by atoms with Gasteiger partial charge in [-0.1, -0.05) is 19.1 Å². The first kappa shape index (κ1) is 13.6. The molecule has 3 heterocycles. The lowest BCUT2D eigenvalue weighted by atomic mass is 9.94. The Hall–Kier alpha value is -1.08. The average molecular weight is 291 g/mol. The van der Waals surface area contributed by atoms with E-state index in [4.69, 9.17) is 18.7 Å². The molecule has 5 nitrogen and oxygen atoms in total. The highest BCUT2D eigenvalue weighted by molar-refractivity contribution is 6.54. The Morgan fingerprint density at radius 1 is 1.19 bits per heavy atom. The first-order chi connectivity index (χ1) is 10.3. The van der Waals surface area contributed by atoms with Crippen LogP contribution in [0.1, 0.15) is 12.5 Å². The predicted molar refractivity (Wildman–Crippen MR) is 78.7 cm³/mol. The standard InChI is InChI=1S/C15H22BNO4/c1-2-13-3-5-14(6-4-13)18-12-15-11-17-7-9-19-16(17,21-15)20-10-8-17/h3-6,15H,2,7-12H2,1H3. The van der Waals surface area contributed by atoms with Crippen molar-refractivity contribution in [2.24, 2.45) is 0 Å². The molecule has 1 unspecified atom stereocenters. The molecule has 21 heavy (non-hydrogen) atoms. The summed E-state index contributed by atoms with van der Waals surface area (Å²) in [4.78, 5) is 0. The maximum absolute atomic E-state index is 6.12. The molecule has 3 fully saturated rings. The van der Waals surface area contributed by atoms with Crippen molar-refractivity contribution >= 4 is 6.89 Å². The van der Waals surface area contributed by atoms with Gasteiger partial charge >= 0.3 is 6.89 Å². The highest BCUT2D eigenvalue weighted by Gasteiger charge is 2.66. The van der Waals surface area contributed by atoms with Crippen molar-refractivity contribution in [2.75, 3.05) is 39.5 Å². The topological polar surface area (TPSA) is 36.9 Å². The smallest absolute Gasteiger partial charge is 0.491 e. The van der Waals surface area contributed by atoms with E-state index in [9.17, 15) is 0 Å². The van der Waals surface area contributed by atoms with E-state index in [1.54, 1.807) is 0 Å². The molecule has 3 saturated heterocycles. The van der Waals surface area contributed by atoms with E-state index < -0.39 is 6.89 Å². The Morgan fingerprint density at radius 3 is 2.52 bits per heavy atom. The zero-order valence-electron chi connectivity index (χ0n) is 12.5. The number of ether oxygens (including phenoxy) is 1. The van der Waals surface area contributed by atoms with E-state index in [-0.39, 0.29) is 6.10 Å². The Labute approximate surface area is 125 Å². The van der Waals surface area contributed by atoms with Crippen LogP contribution < -0.4 is 4.74 Å². The van der Waals surface area contributed by atoms with Gasteiger partial charge in [0.15, 0.2) is 0 Å². The molecule has 1 atom stereocenters. The molecule has 0 spiro atoms. The van der Waals surface area contributed by atoms with Crippen molar-refractivity contribution in [3.8, 4) is 5.75 Å². The largest absolute Gasteiger partial charge is 0.625 e. The highest BCUT2D eigenvalue weighted by Crippen LogP contribution is 2.41. The first-order valence-electron chi connectivity index (χ1n) is 7.92. The number of quaternary nitrogens is 1. The predicted octanol–water partition coefficient (Wildman–Crippen LogP) is 1.34. The summed E-state index contributed by atoms with van der Waals surface area (Å²) >= 11 is 0. The molecule has 114 valence electrons. The fourth-order valence-corrected chi connectivity index (χ4v) is 3.87. The minimum atomic E-state index is -1.56. The Morgan fingerprint density at radius 2 is 1.90 bits per heavy atom. The molecule has 0 amide bonds. The number of benzene rings is 1. The van der Waals surface area contributed by atoms with Gasteiger partial charge in [0.25, 0.3) is 0 Å². The normalized spacial score (nSPS) is 37.5. The summed E-state index contributed by atoms with van der Waals surface area (Å²) in [6.45, 7) is 5.58. The van der Waals surface area contributed by atoms with Crippen molar-refractivity contribution in [2.45, 2.75) is 19.4 Å². The molecule has 3 aliphatic heterocycles. The Balaban J connectivity index is 1.39. The molecule has 0 saturated carbocycles. The molecule has 4 rings (SSSR count). The van der Waals surface area contributed by atoms with Crippen LogP contribution in [-0.4, -0.2) is 56.8 Å². The summed E-state index contributed by atoms with van der Waals surface area (Å²) < 4.78 is 24.5. The minimum absolute atomic E-state index is 0.0523. The third kappa shape index (κ3) is 2.09. The van der Waals surface area contributed by atoms with E-state index in [2.05, 4.69) is 19.1 Å². The average Bonchev–Trinajstić information content (AvgIpc) is 3.07. The molecule has 1 aromatic carbocycles. The molecular formula is C15H22BNO4. The summed E-state index contributed by atoms with van der Waals surface area (Å²) in [6.07, 6.45) is 1.10. The second-order valence-corrected chi connectivity index (χ2v) is 6.26. The third-order valence-corrected chi connectivity index (χ3v) is 5.10. The maximum Gasteiger partial charge on any atom is 0.625 e. The number of hydrogen-bond acceptors (Lipinski definition) is 4. The van der Waals surface area contributed by atoms with Crippen LogP contribution in [0.4, 0.5) is 0 Å². The molecule has 0 aliphatic carbocycles. The number of nitrogens with zero attached hydrogens (tertiary/aromatic N) is 1. The second-order valence-electron chi connectivity index (χ2n) is 6.26. The van der Waals surface area contributed by atoms with Crippen LogP contribution in [0.5, 0.6) is 5.75 Å². The van der Waals surface area contributed by atoms with Crippen molar-refractivity contribution in [3.05, 3.63) is 29.8 Å². The molecule has 0 radical (unpaired) electrons. The Kier molecular flexibility index (Phi) is 3.22. The zero-order valence-corrected chi connectivity index (χ0v) is 12.5. The fraction of sp³-hybridized carbons (Fsp3) is 0.600. The lowest BCUT2D eigenvalue weighted by molar-refractivity contribution is -0.816. The van der Waals surface area contributed by atoms with Gasteiger partial charge in [0.05, 0.1) is 32.8 Å². The summed E-state index contributed by atoms with van der Waals surface area (Å²) in [5, 5.41) is 0.